The second kappa shape index (κ2) is 6.86. The van der Waals surface area contributed by atoms with Crippen LogP contribution in [0.1, 0.15) is 63.3 Å². The number of carbonyl (C=O) groups is 1. The summed E-state index contributed by atoms with van der Waals surface area (Å²) < 4.78 is 45.5. The Morgan fingerprint density at radius 2 is 1.96 bits per heavy atom. The molecule has 1 amide bonds. The first kappa shape index (κ1) is 19.6. The molecule has 1 heterocycles. The summed E-state index contributed by atoms with van der Waals surface area (Å²) in [6, 6.07) is 2.33. The van der Waals surface area contributed by atoms with Crippen LogP contribution in [-0.4, -0.2) is 23.3 Å². The molecule has 4 nitrogen and oxygen atoms in total. The fourth-order valence-corrected chi connectivity index (χ4v) is 2.93. The molecule has 1 N–H and O–H groups in total. The molecule has 1 atom stereocenters. The quantitative estimate of drug-likeness (QED) is 0.781. The van der Waals surface area contributed by atoms with Gasteiger partial charge in [-0.25, -0.2) is 4.79 Å². The largest absolute Gasteiger partial charge is 0.443 e. The normalized spacial score (nSPS) is 18.6. The number of alkyl halides is 3. The van der Waals surface area contributed by atoms with Crippen molar-refractivity contribution in [1.82, 2.24) is 0 Å². The Kier molecular flexibility index (Phi) is 5.37. The number of aliphatic hydroxyl groups is 1. The fourth-order valence-electron chi connectivity index (χ4n) is 2.93. The van der Waals surface area contributed by atoms with E-state index >= 15 is 0 Å². The summed E-state index contributed by atoms with van der Waals surface area (Å²) >= 11 is 0. The number of hydrogen-bond acceptors (Lipinski definition) is 3. The van der Waals surface area contributed by atoms with Crippen molar-refractivity contribution in [3.8, 4) is 0 Å². The van der Waals surface area contributed by atoms with Crippen LogP contribution < -0.4 is 4.90 Å². The third-order valence-corrected chi connectivity index (χ3v) is 4.06. The van der Waals surface area contributed by atoms with E-state index in [0.717, 1.165) is 6.07 Å². The van der Waals surface area contributed by atoms with Crippen molar-refractivity contribution in [1.29, 1.82) is 0 Å². The first-order valence-corrected chi connectivity index (χ1v) is 8.36. The molecule has 0 aliphatic carbocycles. The van der Waals surface area contributed by atoms with Gasteiger partial charge < -0.3 is 9.84 Å². The molecule has 0 saturated carbocycles. The van der Waals surface area contributed by atoms with Gasteiger partial charge in [0.15, 0.2) is 0 Å². The van der Waals surface area contributed by atoms with Gasteiger partial charge in [0.25, 0.3) is 0 Å². The summed E-state index contributed by atoms with van der Waals surface area (Å²) in [7, 11) is 0. The molecule has 2 rings (SSSR count). The van der Waals surface area contributed by atoms with Gasteiger partial charge in [-0.15, -0.1) is 0 Å². The Labute approximate surface area is 145 Å². The first-order valence-electron chi connectivity index (χ1n) is 8.36. The molecule has 140 valence electrons. The van der Waals surface area contributed by atoms with Crippen LogP contribution in [0.2, 0.25) is 0 Å². The Morgan fingerprint density at radius 3 is 2.48 bits per heavy atom. The molecule has 1 aliphatic heterocycles. The van der Waals surface area contributed by atoms with Crippen molar-refractivity contribution in [2.45, 2.75) is 64.8 Å². The topological polar surface area (TPSA) is 49.8 Å². The molecule has 25 heavy (non-hydrogen) atoms. The predicted octanol–water partition coefficient (Wildman–Crippen LogP) is 4.84. The van der Waals surface area contributed by atoms with E-state index in [0.29, 0.717) is 18.4 Å². The van der Waals surface area contributed by atoms with Gasteiger partial charge in [0.2, 0.25) is 0 Å². The number of nitrogens with zero attached hydrogens (tertiary/aromatic N) is 1. The van der Waals surface area contributed by atoms with Crippen LogP contribution >= 0.6 is 0 Å². The summed E-state index contributed by atoms with van der Waals surface area (Å²) in [6.45, 7) is 6.91. The van der Waals surface area contributed by atoms with E-state index < -0.39 is 29.5 Å². The maximum atomic E-state index is 13.4. The highest BCUT2D eigenvalue weighted by Crippen LogP contribution is 2.41. The minimum atomic E-state index is -4.53. The molecule has 0 unspecified atom stereocenters. The monoisotopic (exact) mass is 359 g/mol. The van der Waals surface area contributed by atoms with E-state index in [4.69, 9.17) is 4.74 Å². The van der Waals surface area contributed by atoms with Crippen LogP contribution in [0.5, 0.6) is 0 Å². The number of carbonyl (C=O) groups excluding carboxylic acids is 1. The van der Waals surface area contributed by atoms with E-state index in [1.807, 2.05) is 0 Å². The molecule has 1 aromatic carbocycles. The number of hydrogen-bond donors (Lipinski definition) is 1. The van der Waals surface area contributed by atoms with Gasteiger partial charge in [0.1, 0.15) is 5.60 Å². The van der Waals surface area contributed by atoms with Crippen molar-refractivity contribution < 1.29 is 27.8 Å². The highest BCUT2D eigenvalue weighted by molar-refractivity contribution is 5.89. The molecule has 0 aromatic heterocycles. The molecule has 0 bridgehead atoms. The lowest BCUT2D eigenvalue weighted by atomic mass is 9.95. The second-order valence-electron chi connectivity index (χ2n) is 7.21. The van der Waals surface area contributed by atoms with E-state index in [1.165, 1.54) is 11.0 Å². The van der Waals surface area contributed by atoms with Crippen LogP contribution in [0.4, 0.5) is 23.7 Å². The zero-order valence-electron chi connectivity index (χ0n) is 14.9. The van der Waals surface area contributed by atoms with E-state index in [9.17, 15) is 23.1 Å². The average molecular weight is 359 g/mol. The van der Waals surface area contributed by atoms with Crippen LogP contribution in [0.15, 0.2) is 12.1 Å². The number of fused-ring (bicyclic) bond motifs is 1. The average Bonchev–Trinajstić information content (AvgIpc) is 2.62. The number of halogens is 3. The van der Waals surface area contributed by atoms with Gasteiger partial charge in [-0.2, -0.15) is 13.2 Å². The highest BCUT2D eigenvalue weighted by Gasteiger charge is 2.37. The number of aryl methyl sites for hydroxylation is 1. The first-order chi connectivity index (χ1) is 11.4. The lowest BCUT2D eigenvalue weighted by molar-refractivity contribution is -0.138. The lowest BCUT2D eigenvalue weighted by Crippen LogP contribution is -2.37. The molecule has 0 saturated heterocycles. The van der Waals surface area contributed by atoms with Gasteiger partial charge in [0.05, 0.1) is 17.4 Å². The molecule has 7 heteroatoms. The van der Waals surface area contributed by atoms with Gasteiger partial charge in [0, 0.05) is 12.1 Å². The minimum Gasteiger partial charge on any atom is -0.443 e. The number of rotatable bonds is 1. The highest BCUT2D eigenvalue weighted by atomic mass is 19.4. The number of amides is 1. The van der Waals surface area contributed by atoms with Gasteiger partial charge in [-0.05, 0) is 51.7 Å². The maximum absolute atomic E-state index is 13.4. The summed E-state index contributed by atoms with van der Waals surface area (Å²) in [5, 5.41) is 10.3. The number of benzene rings is 1. The molecular formula is C18H24F3NO3. The van der Waals surface area contributed by atoms with Crippen LogP contribution in [-0.2, 0) is 17.3 Å². The molecule has 0 radical (unpaired) electrons. The van der Waals surface area contributed by atoms with Crippen molar-refractivity contribution >= 4 is 11.8 Å². The molecular weight excluding hydrogens is 335 g/mol. The zero-order chi connectivity index (χ0) is 19.0. The van der Waals surface area contributed by atoms with Crippen LogP contribution in [0.25, 0.3) is 0 Å². The molecule has 0 fully saturated rings. The van der Waals surface area contributed by atoms with E-state index in [2.05, 4.69) is 0 Å². The summed E-state index contributed by atoms with van der Waals surface area (Å²) in [6.07, 6.45) is -5.12. The van der Waals surface area contributed by atoms with E-state index in [1.54, 1.807) is 27.7 Å². The molecule has 1 aromatic rings. The third-order valence-electron chi connectivity index (χ3n) is 4.06. The number of anilines is 1. The van der Waals surface area contributed by atoms with Crippen molar-refractivity contribution in [3.05, 3.63) is 28.8 Å². The summed E-state index contributed by atoms with van der Waals surface area (Å²) in [4.78, 5) is 13.7. The Morgan fingerprint density at radius 1 is 1.32 bits per heavy atom. The summed E-state index contributed by atoms with van der Waals surface area (Å²) in [5.74, 6) is 0. The van der Waals surface area contributed by atoms with Gasteiger partial charge in [-0.3, -0.25) is 4.90 Å². The van der Waals surface area contributed by atoms with Crippen molar-refractivity contribution in [3.63, 3.8) is 0 Å². The van der Waals surface area contributed by atoms with Crippen molar-refractivity contribution in [2.75, 3.05) is 11.4 Å². The van der Waals surface area contributed by atoms with Crippen LogP contribution in [0, 0.1) is 0 Å². The molecule has 0 spiro atoms. The second-order valence-corrected chi connectivity index (χ2v) is 7.21. The minimum absolute atomic E-state index is 0.0729. The zero-order valence-corrected chi connectivity index (χ0v) is 14.9. The van der Waals surface area contributed by atoms with Crippen LogP contribution in [0.3, 0.4) is 0 Å². The Balaban J connectivity index is 2.58. The SMILES string of the molecule is CCc1cc2c(cc1C(F)(F)F)N(C(=O)OC(C)(C)C)CCC[C@H]2O. The lowest BCUT2D eigenvalue weighted by Gasteiger charge is -2.28. The molecule has 1 aliphatic rings. The smallest absolute Gasteiger partial charge is 0.416 e. The third kappa shape index (κ3) is 4.45. The Hall–Kier alpha value is -1.76. The number of ether oxygens (including phenoxy) is 1. The Bertz CT molecular complexity index is 650. The number of aliphatic hydroxyl groups excluding tert-OH is 1. The van der Waals surface area contributed by atoms with Gasteiger partial charge in [-0.1, -0.05) is 13.0 Å². The maximum Gasteiger partial charge on any atom is 0.416 e. The standard InChI is InChI=1S/C18H24F3NO3/c1-5-11-9-12-14(10-13(11)18(19,20)21)22(8-6-7-15(12)23)16(24)25-17(2,3)4/h9-10,15,23H,5-8H2,1-4H3/t15-/m1/s1. The fraction of sp³-hybridized carbons (Fsp3) is 0.611. The predicted molar refractivity (Wildman–Crippen MR) is 88.6 cm³/mol. The van der Waals surface area contributed by atoms with Crippen molar-refractivity contribution in [2.24, 2.45) is 0 Å². The van der Waals surface area contributed by atoms with E-state index in [-0.39, 0.29) is 24.2 Å². The summed E-state index contributed by atoms with van der Waals surface area (Å²) in [5.41, 5.74) is -1.03. The van der Waals surface area contributed by atoms with Gasteiger partial charge >= 0.3 is 12.3 Å².